The minimum Gasteiger partial charge on any atom is -0.393 e. The number of alkyl halides is 3. The molecule has 0 spiro atoms. The van der Waals surface area contributed by atoms with Crippen LogP contribution >= 0.6 is 0 Å². The topological polar surface area (TPSA) is 139 Å². The maximum atomic E-state index is 13.8. The number of nitrogen functional groups attached to an aromatic ring is 1. The fourth-order valence-electron chi connectivity index (χ4n) is 4.97. The Balaban J connectivity index is 1.26. The van der Waals surface area contributed by atoms with Gasteiger partial charge in [0.2, 0.25) is 0 Å². The predicted octanol–water partition coefficient (Wildman–Crippen LogP) is 1.81. The number of aryl methyl sites for hydroxylation is 1. The summed E-state index contributed by atoms with van der Waals surface area (Å²) in [7, 11) is 0. The molecule has 3 aliphatic rings. The van der Waals surface area contributed by atoms with Gasteiger partial charge in [-0.2, -0.15) is 13.2 Å². The lowest BCUT2D eigenvalue weighted by atomic mass is 10.1. The quantitative estimate of drug-likeness (QED) is 0.274. The van der Waals surface area contributed by atoms with Gasteiger partial charge in [0, 0.05) is 30.5 Å². The van der Waals surface area contributed by atoms with Crippen LogP contribution in [0.15, 0.2) is 36.2 Å². The van der Waals surface area contributed by atoms with Gasteiger partial charge in [0.1, 0.15) is 17.3 Å². The Morgan fingerprint density at radius 3 is 2.66 bits per heavy atom. The molecule has 7 N–H and O–H groups in total. The minimum absolute atomic E-state index is 0.106. The van der Waals surface area contributed by atoms with E-state index in [1.54, 1.807) is 12.1 Å². The van der Waals surface area contributed by atoms with Crippen LogP contribution in [0, 0.1) is 11.8 Å². The van der Waals surface area contributed by atoms with Crippen molar-refractivity contribution in [3.63, 3.8) is 0 Å². The number of nitrogens with zero attached hydrogens (tertiary/aromatic N) is 4. The molecule has 12 heteroatoms. The van der Waals surface area contributed by atoms with Crippen LogP contribution in [0.5, 0.6) is 0 Å². The molecule has 1 saturated heterocycles. The second kappa shape index (κ2) is 8.59. The summed E-state index contributed by atoms with van der Waals surface area (Å²) in [5, 5.41) is 3.77. The zero-order chi connectivity index (χ0) is 24.9. The number of nitrogens with two attached hydrogens (primary N) is 3. The molecular formula is C23H27F3N8O. The van der Waals surface area contributed by atoms with E-state index in [9.17, 15) is 18.0 Å². The van der Waals surface area contributed by atoms with Gasteiger partial charge >= 0.3 is 6.18 Å². The summed E-state index contributed by atoms with van der Waals surface area (Å²) in [5.41, 5.74) is 12.0. The number of carbonyl (C=O) groups excluding carboxylic acids is 1. The third-order valence-electron chi connectivity index (χ3n) is 6.84. The van der Waals surface area contributed by atoms with E-state index in [1.165, 1.54) is 6.07 Å². The second-order valence-electron chi connectivity index (χ2n) is 9.43. The highest BCUT2D eigenvalue weighted by molar-refractivity contribution is 5.92. The molecule has 0 radical (unpaired) electrons. The highest BCUT2D eigenvalue weighted by atomic mass is 19.4. The normalized spacial score (nSPS) is 23.1. The van der Waals surface area contributed by atoms with Crippen molar-refractivity contribution in [3.8, 4) is 0 Å². The number of anilines is 2. The third-order valence-corrected chi connectivity index (χ3v) is 6.84. The Morgan fingerprint density at radius 1 is 1.20 bits per heavy atom. The standard InChI is InChI=1S/C23H27F3N8O/c24-23(25,26)21-12(1-6-20(32-21)33-8-13-7-14(13)9-33)10-34(29)11-16(27)22(35)31-18-4-3-17-15(18)2-5-19(28)30-17/h1-2,5-6,11,13-14,18H,3-4,7-10,27,29H2,(H2,28,30)(H,31,35)/b16-11-/t13?,14?,18-/m1/s1. The number of fused-ring (bicyclic) bond motifs is 2. The number of carbonyl (C=O) groups is 1. The van der Waals surface area contributed by atoms with Crippen molar-refractivity contribution >= 4 is 17.5 Å². The Bertz CT molecular complexity index is 1170. The summed E-state index contributed by atoms with van der Waals surface area (Å²) in [6.45, 7) is 1.15. The SMILES string of the molecule is N/C(=C\N(N)Cc1ccc(N2CC3CC3C2)nc1C(F)(F)F)C(=O)N[C@@H]1CCc2nc(N)ccc21. The molecule has 2 unspecified atom stereocenters. The number of piperidine rings is 1. The van der Waals surface area contributed by atoms with Crippen LogP contribution in [-0.2, 0) is 23.9 Å². The maximum absolute atomic E-state index is 13.8. The van der Waals surface area contributed by atoms with Gasteiger partial charge in [-0.25, -0.2) is 15.8 Å². The second-order valence-corrected chi connectivity index (χ2v) is 9.43. The summed E-state index contributed by atoms with van der Waals surface area (Å²) < 4.78 is 41.3. The molecule has 1 saturated carbocycles. The average Bonchev–Trinajstić information content (AvgIpc) is 3.20. The summed E-state index contributed by atoms with van der Waals surface area (Å²) in [6, 6.07) is 6.16. The van der Waals surface area contributed by atoms with Gasteiger partial charge in [0.15, 0.2) is 5.69 Å². The lowest BCUT2D eigenvalue weighted by Gasteiger charge is -2.23. The van der Waals surface area contributed by atoms with Crippen molar-refractivity contribution in [2.24, 2.45) is 23.4 Å². The zero-order valence-electron chi connectivity index (χ0n) is 18.9. The van der Waals surface area contributed by atoms with Gasteiger partial charge in [-0.05, 0) is 48.8 Å². The maximum Gasteiger partial charge on any atom is 0.433 e. The Morgan fingerprint density at radius 2 is 1.94 bits per heavy atom. The van der Waals surface area contributed by atoms with E-state index in [4.69, 9.17) is 17.3 Å². The Labute approximate surface area is 200 Å². The first-order chi connectivity index (χ1) is 16.6. The molecular weight excluding hydrogens is 461 g/mol. The van der Waals surface area contributed by atoms with Crippen LogP contribution in [-0.4, -0.2) is 34.0 Å². The summed E-state index contributed by atoms with van der Waals surface area (Å²) in [4.78, 5) is 22.7. The predicted molar refractivity (Wildman–Crippen MR) is 123 cm³/mol. The number of nitrogens with one attached hydrogen (secondary N) is 1. The third kappa shape index (κ3) is 4.83. The molecule has 9 nitrogen and oxygen atoms in total. The van der Waals surface area contributed by atoms with Crippen LogP contribution < -0.4 is 27.5 Å². The molecule has 0 bridgehead atoms. The summed E-state index contributed by atoms with van der Waals surface area (Å²) in [6.07, 6.45) is -1.07. The highest BCUT2D eigenvalue weighted by Gasteiger charge is 2.46. The van der Waals surface area contributed by atoms with Gasteiger partial charge in [-0.15, -0.1) is 0 Å². The van der Waals surface area contributed by atoms with E-state index in [0.717, 1.165) is 42.0 Å². The number of pyridine rings is 2. The molecule has 2 fully saturated rings. The molecule has 3 atom stereocenters. The Kier molecular flexibility index (Phi) is 5.70. The number of hydrogen-bond donors (Lipinski definition) is 4. The largest absolute Gasteiger partial charge is 0.433 e. The van der Waals surface area contributed by atoms with Crippen molar-refractivity contribution < 1.29 is 18.0 Å². The van der Waals surface area contributed by atoms with Gasteiger partial charge < -0.3 is 26.7 Å². The summed E-state index contributed by atoms with van der Waals surface area (Å²) in [5.74, 6) is 7.19. The van der Waals surface area contributed by atoms with Crippen LogP contribution in [0.3, 0.4) is 0 Å². The van der Waals surface area contributed by atoms with Gasteiger partial charge in [0.05, 0.1) is 12.6 Å². The molecule has 5 rings (SSSR count). The first-order valence-electron chi connectivity index (χ1n) is 11.5. The number of aromatic nitrogens is 2. The van der Waals surface area contributed by atoms with Crippen LogP contribution in [0.25, 0.3) is 0 Å². The monoisotopic (exact) mass is 488 g/mol. The van der Waals surface area contributed by atoms with Crippen LogP contribution in [0.4, 0.5) is 24.8 Å². The van der Waals surface area contributed by atoms with E-state index in [1.807, 2.05) is 11.0 Å². The van der Waals surface area contributed by atoms with Crippen molar-refractivity contribution in [3.05, 3.63) is 58.7 Å². The Hall–Kier alpha value is -3.54. The number of amides is 1. The number of hydrogen-bond acceptors (Lipinski definition) is 8. The molecule has 2 aromatic heterocycles. The fourth-order valence-corrected chi connectivity index (χ4v) is 4.97. The summed E-state index contributed by atoms with van der Waals surface area (Å²) >= 11 is 0. The molecule has 1 amide bonds. The van der Waals surface area contributed by atoms with Gasteiger partial charge in [-0.3, -0.25) is 4.79 Å². The zero-order valence-corrected chi connectivity index (χ0v) is 18.9. The first kappa shape index (κ1) is 23.2. The van der Waals surface area contributed by atoms with Gasteiger partial charge in [0.25, 0.3) is 5.91 Å². The van der Waals surface area contributed by atoms with E-state index < -0.39 is 17.8 Å². The number of halogens is 3. The van der Waals surface area contributed by atoms with Crippen molar-refractivity contribution in [1.29, 1.82) is 0 Å². The molecule has 186 valence electrons. The van der Waals surface area contributed by atoms with Gasteiger partial charge in [-0.1, -0.05) is 12.1 Å². The molecule has 35 heavy (non-hydrogen) atoms. The van der Waals surface area contributed by atoms with Crippen molar-refractivity contribution in [2.75, 3.05) is 23.7 Å². The lowest BCUT2D eigenvalue weighted by Crippen LogP contribution is -2.34. The smallest absolute Gasteiger partial charge is 0.393 e. The van der Waals surface area contributed by atoms with E-state index >= 15 is 0 Å². The fraction of sp³-hybridized carbons (Fsp3) is 0.435. The number of hydrazine groups is 1. The average molecular weight is 489 g/mol. The van der Waals surface area contributed by atoms with Crippen molar-refractivity contribution in [2.45, 2.75) is 38.0 Å². The van der Waals surface area contributed by atoms with Crippen LogP contribution in [0.1, 0.15) is 41.4 Å². The first-order valence-corrected chi connectivity index (χ1v) is 11.5. The van der Waals surface area contributed by atoms with E-state index in [-0.39, 0.29) is 23.8 Å². The minimum atomic E-state index is -4.64. The highest BCUT2D eigenvalue weighted by Crippen LogP contribution is 2.46. The molecule has 2 aliphatic carbocycles. The molecule has 0 aromatic carbocycles. The van der Waals surface area contributed by atoms with Crippen molar-refractivity contribution in [1.82, 2.24) is 20.3 Å². The van der Waals surface area contributed by atoms with Crippen LogP contribution in [0.2, 0.25) is 0 Å². The van der Waals surface area contributed by atoms with E-state index in [0.29, 0.717) is 36.3 Å². The lowest BCUT2D eigenvalue weighted by molar-refractivity contribution is -0.142. The number of rotatable bonds is 6. The molecule has 1 aliphatic heterocycles. The molecule has 2 aromatic rings. The molecule has 3 heterocycles. The van der Waals surface area contributed by atoms with E-state index in [2.05, 4.69) is 15.3 Å².